The van der Waals surface area contributed by atoms with E-state index in [1.807, 2.05) is 0 Å². The lowest BCUT2D eigenvalue weighted by molar-refractivity contribution is -0.153. The SMILES string of the molecule is O=S(=O)(NCCO[C@@]12COc3c(F)ccc(F)c3[C@]1(S(=O)(=O)c1ccc(Cl)cc1)CC[C@@H](O)C2)C(F)(F)F. The molecule has 38 heavy (non-hydrogen) atoms. The van der Waals surface area contributed by atoms with Crippen LogP contribution in [0.5, 0.6) is 5.75 Å². The van der Waals surface area contributed by atoms with E-state index in [2.05, 4.69) is 0 Å². The molecule has 0 bridgehead atoms. The number of halogens is 6. The predicted octanol–water partition coefficient (Wildman–Crippen LogP) is 3.42. The summed E-state index contributed by atoms with van der Waals surface area (Å²) in [7, 11) is -10.5. The van der Waals surface area contributed by atoms with Gasteiger partial charge < -0.3 is 14.6 Å². The molecule has 1 heterocycles. The molecule has 1 aliphatic heterocycles. The Hall–Kier alpha value is -2.04. The normalized spacial score (nSPS) is 25.8. The molecule has 1 aliphatic carbocycles. The van der Waals surface area contributed by atoms with Crippen molar-refractivity contribution in [3.05, 3.63) is 58.6 Å². The number of aliphatic hydroxyl groups excluding tert-OH is 1. The van der Waals surface area contributed by atoms with Crippen LogP contribution < -0.4 is 9.46 Å². The van der Waals surface area contributed by atoms with Crippen molar-refractivity contribution in [2.75, 3.05) is 19.8 Å². The standard InChI is InChI=1S/C22H21ClF5NO7S2/c23-13-1-3-15(4-2-13)37(31,32)21-8-7-14(30)11-20(21,36-10-9-29-38(33,34)22(26,27)28)12-35-19-17(25)6-5-16(24)18(19)21/h1-6,14,29-30H,7-12H2/t14-,20+,21-/m1/s1. The van der Waals surface area contributed by atoms with Crippen LogP contribution in [0, 0.1) is 11.6 Å². The zero-order chi connectivity index (χ0) is 28.1. The largest absolute Gasteiger partial charge is 0.511 e. The number of fused-ring (bicyclic) bond motifs is 3. The van der Waals surface area contributed by atoms with Gasteiger partial charge >= 0.3 is 15.5 Å². The molecule has 4 rings (SSSR count). The van der Waals surface area contributed by atoms with Crippen molar-refractivity contribution >= 4 is 31.5 Å². The highest BCUT2D eigenvalue weighted by Gasteiger charge is 2.69. The first-order chi connectivity index (χ1) is 17.6. The average molecular weight is 606 g/mol. The third-order valence-electron chi connectivity index (χ3n) is 6.70. The Labute approximate surface area is 219 Å². The Kier molecular flexibility index (Phi) is 7.51. The second-order valence-electron chi connectivity index (χ2n) is 8.89. The number of alkyl halides is 3. The summed E-state index contributed by atoms with van der Waals surface area (Å²) in [4.78, 5) is -0.347. The molecule has 16 heteroatoms. The monoisotopic (exact) mass is 605 g/mol. The topological polar surface area (TPSA) is 119 Å². The Morgan fingerprint density at radius 2 is 1.71 bits per heavy atom. The maximum Gasteiger partial charge on any atom is 0.511 e. The van der Waals surface area contributed by atoms with Crippen molar-refractivity contribution in [1.82, 2.24) is 4.72 Å². The van der Waals surface area contributed by atoms with E-state index in [-0.39, 0.29) is 16.3 Å². The van der Waals surface area contributed by atoms with Crippen molar-refractivity contribution in [3.63, 3.8) is 0 Å². The first kappa shape index (κ1) is 29.0. The highest BCUT2D eigenvalue weighted by Crippen LogP contribution is 2.59. The predicted molar refractivity (Wildman–Crippen MR) is 124 cm³/mol. The summed E-state index contributed by atoms with van der Waals surface area (Å²) in [5, 5.41) is 10.7. The van der Waals surface area contributed by atoms with Crippen LogP contribution in [0.4, 0.5) is 22.0 Å². The van der Waals surface area contributed by atoms with Gasteiger partial charge in [0.2, 0.25) is 0 Å². The van der Waals surface area contributed by atoms with Crippen LogP contribution in [0.15, 0.2) is 41.3 Å². The van der Waals surface area contributed by atoms with Gasteiger partial charge in [0, 0.05) is 18.0 Å². The fourth-order valence-electron chi connectivity index (χ4n) is 5.06. The molecule has 0 radical (unpaired) electrons. The van der Waals surface area contributed by atoms with E-state index in [4.69, 9.17) is 21.1 Å². The van der Waals surface area contributed by atoms with Crippen LogP contribution in [0.1, 0.15) is 24.8 Å². The second kappa shape index (κ2) is 9.86. The van der Waals surface area contributed by atoms with E-state index >= 15 is 4.39 Å². The zero-order valence-corrected chi connectivity index (χ0v) is 21.7. The van der Waals surface area contributed by atoms with Crippen LogP contribution in [0.2, 0.25) is 5.02 Å². The molecule has 0 aromatic heterocycles. The summed E-state index contributed by atoms with van der Waals surface area (Å²) in [5.74, 6) is -2.90. The summed E-state index contributed by atoms with van der Waals surface area (Å²) in [6.07, 6.45) is -2.38. The number of sulfonamides is 1. The van der Waals surface area contributed by atoms with E-state index in [1.54, 1.807) is 0 Å². The Balaban J connectivity index is 1.87. The minimum atomic E-state index is -5.75. The first-order valence-corrected chi connectivity index (χ1v) is 14.4. The number of hydrogen-bond acceptors (Lipinski definition) is 7. The third kappa shape index (κ3) is 4.56. The molecule has 0 saturated heterocycles. The van der Waals surface area contributed by atoms with Gasteiger partial charge in [-0.3, -0.25) is 0 Å². The lowest BCUT2D eigenvalue weighted by Gasteiger charge is -2.55. The van der Waals surface area contributed by atoms with Crippen LogP contribution in [-0.4, -0.2) is 58.9 Å². The molecule has 2 N–H and O–H groups in total. The zero-order valence-electron chi connectivity index (χ0n) is 19.3. The number of benzene rings is 2. The van der Waals surface area contributed by atoms with Crippen LogP contribution in [0.25, 0.3) is 0 Å². The maximum absolute atomic E-state index is 15.5. The minimum Gasteiger partial charge on any atom is -0.487 e. The summed E-state index contributed by atoms with van der Waals surface area (Å²) >= 11 is 5.89. The summed E-state index contributed by atoms with van der Waals surface area (Å²) in [6.45, 7) is -2.51. The Morgan fingerprint density at radius 1 is 1.08 bits per heavy atom. The highest BCUT2D eigenvalue weighted by molar-refractivity contribution is 7.92. The van der Waals surface area contributed by atoms with Crippen LogP contribution in [0.3, 0.4) is 0 Å². The molecule has 1 fully saturated rings. The lowest BCUT2D eigenvalue weighted by Crippen LogP contribution is -2.67. The van der Waals surface area contributed by atoms with Crippen molar-refractivity contribution in [3.8, 4) is 5.75 Å². The average Bonchev–Trinajstić information content (AvgIpc) is 2.83. The van der Waals surface area contributed by atoms with Gasteiger partial charge in [0.05, 0.1) is 23.2 Å². The molecule has 3 atom stereocenters. The number of aliphatic hydroxyl groups is 1. The van der Waals surface area contributed by atoms with Gasteiger partial charge in [0.15, 0.2) is 21.4 Å². The molecule has 210 valence electrons. The molecule has 2 aromatic carbocycles. The molecule has 0 amide bonds. The number of ether oxygens (including phenoxy) is 2. The number of nitrogens with one attached hydrogen (secondary N) is 1. The highest BCUT2D eigenvalue weighted by atomic mass is 35.5. The lowest BCUT2D eigenvalue weighted by atomic mass is 9.68. The maximum atomic E-state index is 15.5. The molecule has 0 unspecified atom stereocenters. The van der Waals surface area contributed by atoms with E-state index in [1.165, 1.54) is 16.9 Å². The fraction of sp³-hybridized carbons (Fsp3) is 0.455. The van der Waals surface area contributed by atoms with Crippen LogP contribution in [-0.2, 0) is 29.3 Å². The van der Waals surface area contributed by atoms with Gasteiger partial charge in [-0.15, -0.1) is 0 Å². The second-order valence-corrected chi connectivity index (χ2v) is 13.3. The third-order valence-corrected chi connectivity index (χ3v) is 10.7. The minimum absolute atomic E-state index is 0.185. The molecule has 0 spiro atoms. The van der Waals surface area contributed by atoms with E-state index in [0.717, 1.165) is 18.2 Å². The van der Waals surface area contributed by atoms with Gasteiger partial charge in [-0.2, -0.15) is 13.2 Å². The van der Waals surface area contributed by atoms with E-state index < -0.39 is 97.4 Å². The molecular weight excluding hydrogens is 585 g/mol. The number of rotatable bonds is 7. The molecule has 2 aliphatic rings. The smallest absolute Gasteiger partial charge is 0.487 e. The first-order valence-electron chi connectivity index (χ1n) is 11.1. The van der Waals surface area contributed by atoms with E-state index in [0.29, 0.717) is 6.07 Å². The van der Waals surface area contributed by atoms with Crippen molar-refractivity contribution in [2.24, 2.45) is 0 Å². The molecule has 1 saturated carbocycles. The molecule has 8 nitrogen and oxygen atoms in total. The fourth-order valence-corrected chi connectivity index (χ4v) is 8.14. The Bertz CT molecular complexity index is 1440. The van der Waals surface area contributed by atoms with Gasteiger partial charge in [-0.1, -0.05) is 11.6 Å². The van der Waals surface area contributed by atoms with Gasteiger partial charge in [-0.05, 0) is 49.2 Å². The molecular formula is C22H21ClF5NO7S2. The summed E-state index contributed by atoms with van der Waals surface area (Å²) in [5.41, 5.74) is -8.46. The number of sulfone groups is 1. The van der Waals surface area contributed by atoms with Crippen LogP contribution >= 0.6 is 11.6 Å². The van der Waals surface area contributed by atoms with Gasteiger partial charge in [0.25, 0.3) is 0 Å². The van der Waals surface area contributed by atoms with Gasteiger partial charge in [-0.25, -0.2) is 30.3 Å². The van der Waals surface area contributed by atoms with Crippen molar-refractivity contribution < 1.29 is 53.4 Å². The van der Waals surface area contributed by atoms with Crippen molar-refractivity contribution in [2.45, 2.75) is 46.1 Å². The summed E-state index contributed by atoms with van der Waals surface area (Å²) in [6, 6.07) is 6.26. The number of hydrogen-bond donors (Lipinski definition) is 2. The van der Waals surface area contributed by atoms with Crippen molar-refractivity contribution in [1.29, 1.82) is 0 Å². The quantitative estimate of drug-likeness (QED) is 0.367. The van der Waals surface area contributed by atoms with Gasteiger partial charge in [0.1, 0.15) is 22.8 Å². The van der Waals surface area contributed by atoms with E-state index in [9.17, 15) is 39.5 Å². The molecule has 2 aromatic rings. The Morgan fingerprint density at radius 3 is 2.34 bits per heavy atom. The summed E-state index contributed by atoms with van der Waals surface area (Å²) < 4.78 is 130.